The maximum Gasteiger partial charge on any atom is 0.121 e. The Morgan fingerprint density at radius 2 is 2.05 bits per heavy atom. The lowest BCUT2D eigenvalue weighted by Gasteiger charge is -2.34. The average molecular weight is 287 g/mol. The summed E-state index contributed by atoms with van der Waals surface area (Å²) in [4.78, 5) is 10.7. The van der Waals surface area contributed by atoms with Crippen molar-refractivity contribution in [1.29, 1.82) is 0 Å². The summed E-state index contributed by atoms with van der Waals surface area (Å²) in [6, 6.07) is 6.06. The molecule has 4 nitrogen and oxygen atoms in total. The van der Waals surface area contributed by atoms with Gasteiger partial charge in [0.1, 0.15) is 11.6 Å². The van der Waals surface area contributed by atoms with Gasteiger partial charge >= 0.3 is 0 Å². The van der Waals surface area contributed by atoms with E-state index in [9.17, 15) is 0 Å². The van der Waals surface area contributed by atoms with Crippen molar-refractivity contribution in [3.63, 3.8) is 0 Å². The van der Waals surface area contributed by atoms with Crippen molar-refractivity contribution >= 4 is 11.0 Å². The van der Waals surface area contributed by atoms with Crippen LogP contribution in [0.2, 0.25) is 0 Å². The van der Waals surface area contributed by atoms with Gasteiger partial charge in [0.05, 0.1) is 24.2 Å². The fraction of sp³-hybridized carbons (Fsp3) is 0.588. The highest BCUT2D eigenvalue weighted by atomic mass is 16.5. The number of piperidine rings is 1. The fourth-order valence-corrected chi connectivity index (χ4v) is 3.51. The van der Waals surface area contributed by atoms with Crippen LogP contribution in [0.1, 0.15) is 33.0 Å². The first-order chi connectivity index (χ1) is 10.1. The third-order valence-electron chi connectivity index (χ3n) is 4.13. The topological polar surface area (TPSA) is 41.1 Å². The van der Waals surface area contributed by atoms with Gasteiger partial charge in [-0.05, 0) is 37.3 Å². The molecule has 114 valence electrons. The van der Waals surface area contributed by atoms with Crippen LogP contribution in [-0.2, 0) is 6.54 Å². The number of fused-ring (bicyclic) bond motifs is 1. The summed E-state index contributed by atoms with van der Waals surface area (Å²) < 4.78 is 5.54. The lowest BCUT2D eigenvalue weighted by atomic mass is 9.92. The monoisotopic (exact) mass is 287 g/mol. The minimum atomic E-state index is 0.691. The van der Waals surface area contributed by atoms with E-state index in [2.05, 4.69) is 23.7 Å². The molecule has 2 aromatic rings. The average Bonchev–Trinajstić information content (AvgIpc) is 2.79. The smallest absolute Gasteiger partial charge is 0.121 e. The van der Waals surface area contributed by atoms with Crippen LogP contribution in [0.25, 0.3) is 11.0 Å². The normalized spacial score (nSPS) is 23.6. The van der Waals surface area contributed by atoms with Crippen molar-refractivity contribution in [2.75, 3.05) is 19.7 Å². The number of rotatable bonds is 4. The molecule has 0 saturated carbocycles. The Balaban J connectivity index is 1.75. The van der Waals surface area contributed by atoms with E-state index in [1.54, 1.807) is 0 Å². The molecule has 1 N–H and O–H groups in total. The van der Waals surface area contributed by atoms with E-state index in [-0.39, 0.29) is 0 Å². The lowest BCUT2D eigenvalue weighted by Crippen LogP contribution is -2.38. The predicted molar refractivity (Wildman–Crippen MR) is 85.5 cm³/mol. The van der Waals surface area contributed by atoms with E-state index in [1.165, 1.54) is 19.5 Å². The molecule has 2 unspecified atom stereocenters. The number of hydrogen-bond donors (Lipinski definition) is 1. The molecule has 1 aromatic carbocycles. The molecule has 1 aliphatic rings. The number of aromatic amines is 1. The zero-order valence-electron chi connectivity index (χ0n) is 13.2. The Hall–Kier alpha value is -1.55. The minimum absolute atomic E-state index is 0.691. The predicted octanol–water partition coefficient (Wildman–Crippen LogP) is 3.44. The number of H-pyrrole nitrogens is 1. The van der Waals surface area contributed by atoms with E-state index in [0.29, 0.717) is 6.61 Å². The van der Waals surface area contributed by atoms with Gasteiger partial charge in [-0.25, -0.2) is 4.98 Å². The molecule has 0 spiro atoms. The number of aromatic nitrogens is 2. The summed E-state index contributed by atoms with van der Waals surface area (Å²) >= 11 is 0. The maximum atomic E-state index is 5.54. The van der Waals surface area contributed by atoms with Gasteiger partial charge in [-0.15, -0.1) is 0 Å². The van der Waals surface area contributed by atoms with Gasteiger partial charge in [0.25, 0.3) is 0 Å². The van der Waals surface area contributed by atoms with Crippen molar-refractivity contribution in [2.24, 2.45) is 11.8 Å². The third kappa shape index (κ3) is 3.38. The fourth-order valence-electron chi connectivity index (χ4n) is 3.51. The number of ether oxygens (including phenoxy) is 1. The van der Waals surface area contributed by atoms with Crippen LogP contribution in [0.4, 0.5) is 0 Å². The summed E-state index contributed by atoms with van der Waals surface area (Å²) in [6.07, 6.45) is 1.34. The van der Waals surface area contributed by atoms with Gasteiger partial charge < -0.3 is 9.72 Å². The van der Waals surface area contributed by atoms with Crippen LogP contribution in [0.5, 0.6) is 5.75 Å². The Kier molecular flexibility index (Phi) is 4.15. The highest BCUT2D eigenvalue weighted by Crippen LogP contribution is 2.23. The highest BCUT2D eigenvalue weighted by molar-refractivity contribution is 5.76. The molecule has 2 atom stereocenters. The highest BCUT2D eigenvalue weighted by Gasteiger charge is 2.22. The van der Waals surface area contributed by atoms with Gasteiger partial charge in [0, 0.05) is 19.2 Å². The van der Waals surface area contributed by atoms with Crippen LogP contribution >= 0.6 is 0 Å². The zero-order chi connectivity index (χ0) is 14.8. The molecule has 1 saturated heterocycles. The van der Waals surface area contributed by atoms with Crippen molar-refractivity contribution in [2.45, 2.75) is 33.7 Å². The van der Waals surface area contributed by atoms with E-state index in [1.807, 2.05) is 25.1 Å². The third-order valence-corrected chi connectivity index (χ3v) is 4.13. The molecule has 1 aromatic heterocycles. The maximum absolute atomic E-state index is 5.54. The quantitative estimate of drug-likeness (QED) is 0.936. The largest absolute Gasteiger partial charge is 0.494 e. The number of hydrogen-bond acceptors (Lipinski definition) is 3. The second kappa shape index (κ2) is 6.06. The van der Waals surface area contributed by atoms with Crippen LogP contribution < -0.4 is 4.74 Å². The Bertz CT molecular complexity index is 597. The van der Waals surface area contributed by atoms with Gasteiger partial charge in [-0.3, -0.25) is 4.90 Å². The van der Waals surface area contributed by atoms with Crippen LogP contribution in [0.15, 0.2) is 18.2 Å². The summed E-state index contributed by atoms with van der Waals surface area (Å²) in [6.45, 7) is 10.6. The zero-order valence-corrected chi connectivity index (χ0v) is 13.2. The van der Waals surface area contributed by atoms with Gasteiger partial charge in [-0.2, -0.15) is 0 Å². The Labute approximate surface area is 126 Å². The molecule has 0 radical (unpaired) electrons. The molecule has 1 aliphatic heterocycles. The van der Waals surface area contributed by atoms with Crippen molar-refractivity contribution in [3.05, 3.63) is 24.0 Å². The molecular weight excluding hydrogens is 262 g/mol. The molecule has 0 aliphatic carbocycles. The number of imidazole rings is 1. The number of nitrogens with one attached hydrogen (secondary N) is 1. The Morgan fingerprint density at radius 1 is 1.29 bits per heavy atom. The first kappa shape index (κ1) is 14.4. The number of nitrogens with zero attached hydrogens (tertiary/aromatic N) is 2. The first-order valence-electron chi connectivity index (χ1n) is 7.98. The second-order valence-electron chi connectivity index (χ2n) is 6.44. The first-order valence-corrected chi connectivity index (χ1v) is 7.98. The SMILES string of the molecule is CCOc1ccc2nc(CN3CC(C)CC(C)C3)[nH]c2c1. The summed E-state index contributed by atoms with van der Waals surface area (Å²) in [7, 11) is 0. The van der Waals surface area contributed by atoms with Gasteiger partial charge in [0.15, 0.2) is 0 Å². The summed E-state index contributed by atoms with van der Waals surface area (Å²) in [5, 5.41) is 0. The minimum Gasteiger partial charge on any atom is -0.494 e. The standard InChI is InChI=1S/C17H25N3O/c1-4-21-14-5-6-15-16(8-14)19-17(18-15)11-20-9-12(2)7-13(3)10-20/h5-6,8,12-13H,4,7,9-11H2,1-3H3,(H,18,19). The number of benzene rings is 1. The molecule has 2 heterocycles. The van der Waals surface area contributed by atoms with Crippen molar-refractivity contribution in [3.8, 4) is 5.75 Å². The van der Waals surface area contributed by atoms with E-state index in [0.717, 1.165) is 41.0 Å². The van der Waals surface area contributed by atoms with E-state index >= 15 is 0 Å². The van der Waals surface area contributed by atoms with Gasteiger partial charge in [0.2, 0.25) is 0 Å². The lowest BCUT2D eigenvalue weighted by molar-refractivity contribution is 0.132. The molecule has 3 rings (SSSR count). The van der Waals surface area contributed by atoms with Crippen LogP contribution in [0.3, 0.4) is 0 Å². The number of likely N-dealkylation sites (tertiary alicyclic amines) is 1. The molecule has 1 fully saturated rings. The Morgan fingerprint density at radius 3 is 2.76 bits per heavy atom. The van der Waals surface area contributed by atoms with Crippen LogP contribution in [-0.4, -0.2) is 34.6 Å². The molecule has 21 heavy (non-hydrogen) atoms. The van der Waals surface area contributed by atoms with E-state index < -0.39 is 0 Å². The van der Waals surface area contributed by atoms with Gasteiger partial charge in [-0.1, -0.05) is 13.8 Å². The second-order valence-corrected chi connectivity index (χ2v) is 6.44. The van der Waals surface area contributed by atoms with Crippen molar-refractivity contribution < 1.29 is 4.74 Å². The van der Waals surface area contributed by atoms with E-state index in [4.69, 9.17) is 9.72 Å². The van der Waals surface area contributed by atoms with Crippen molar-refractivity contribution in [1.82, 2.24) is 14.9 Å². The molecular formula is C17H25N3O. The summed E-state index contributed by atoms with van der Waals surface area (Å²) in [5.74, 6) is 3.52. The molecule has 0 amide bonds. The molecule has 0 bridgehead atoms. The molecule has 4 heteroatoms. The van der Waals surface area contributed by atoms with Crippen LogP contribution in [0, 0.1) is 11.8 Å². The summed E-state index contributed by atoms with van der Waals surface area (Å²) in [5.41, 5.74) is 2.08.